The van der Waals surface area contributed by atoms with Crippen LogP contribution in [0.4, 0.5) is 0 Å². The summed E-state index contributed by atoms with van der Waals surface area (Å²) in [5.41, 5.74) is 10.9. The van der Waals surface area contributed by atoms with Crippen LogP contribution >= 0.6 is 0 Å². The SMILES string of the molecule is N#Cc1cccc(-n2c3ccc(-c4ccc5c(c4)oc4ccccc45)cc3c3c4ccccc4ccc32)c1C#N.N#Cc1cccc(-n2c3ccc4ccccc4c3c3c4ccccc4ccc32)c1C#N. The fourth-order valence-corrected chi connectivity index (χ4v) is 10.8. The van der Waals surface area contributed by atoms with Crippen LogP contribution in [-0.2, 0) is 0 Å². The zero-order chi connectivity index (χ0) is 47.7. The van der Waals surface area contributed by atoms with Crippen LogP contribution in [0.1, 0.15) is 22.3 Å². The van der Waals surface area contributed by atoms with E-state index in [-0.39, 0.29) is 0 Å². The smallest absolute Gasteiger partial charge is 0.136 e. The Morgan fingerprint density at radius 1 is 0.310 bits per heavy atom. The summed E-state index contributed by atoms with van der Waals surface area (Å²) < 4.78 is 10.4. The van der Waals surface area contributed by atoms with Crippen molar-refractivity contribution in [2.45, 2.75) is 0 Å². The Balaban J connectivity index is 0.000000143. The van der Waals surface area contributed by atoms with Gasteiger partial charge >= 0.3 is 0 Å². The van der Waals surface area contributed by atoms with E-state index in [0.29, 0.717) is 27.9 Å². The fourth-order valence-electron chi connectivity index (χ4n) is 10.8. The van der Waals surface area contributed by atoms with E-state index in [0.717, 1.165) is 93.1 Å². The highest BCUT2D eigenvalue weighted by Gasteiger charge is 2.22. The maximum Gasteiger partial charge on any atom is 0.136 e. The van der Waals surface area contributed by atoms with Crippen LogP contribution in [0.5, 0.6) is 0 Å². The largest absolute Gasteiger partial charge is 0.456 e. The van der Waals surface area contributed by atoms with E-state index in [1.54, 1.807) is 12.1 Å². The molecule has 71 heavy (non-hydrogen) atoms. The first-order chi connectivity index (χ1) is 35.1. The molecule has 0 fully saturated rings. The van der Waals surface area contributed by atoms with Gasteiger partial charge in [-0.05, 0) is 116 Å². The summed E-state index contributed by atoms with van der Waals surface area (Å²) in [6, 6.07) is 78.6. The van der Waals surface area contributed by atoms with Gasteiger partial charge in [0.15, 0.2) is 0 Å². The zero-order valence-corrected chi connectivity index (χ0v) is 37.7. The molecule has 0 saturated heterocycles. The van der Waals surface area contributed by atoms with Gasteiger partial charge in [-0.25, -0.2) is 0 Å². The first-order valence-corrected chi connectivity index (χ1v) is 23.1. The van der Waals surface area contributed by atoms with Gasteiger partial charge in [-0.1, -0.05) is 133 Å². The third-order valence-corrected chi connectivity index (χ3v) is 13.9. The molecule has 14 rings (SSSR count). The Morgan fingerprint density at radius 3 is 1.30 bits per heavy atom. The second-order valence-electron chi connectivity index (χ2n) is 17.6. The predicted molar refractivity (Wildman–Crippen MR) is 286 cm³/mol. The Hall–Kier alpha value is -10.4. The average Bonchev–Trinajstić information content (AvgIpc) is 4.11. The van der Waals surface area contributed by atoms with Crippen LogP contribution in [-0.4, -0.2) is 9.13 Å². The van der Waals surface area contributed by atoms with Gasteiger partial charge in [-0.2, -0.15) is 21.0 Å². The number of rotatable bonds is 3. The number of nitrogens with zero attached hydrogens (tertiary/aromatic N) is 6. The van der Waals surface area contributed by atoms with Crippen LogP contribution in [0.2, 0.25) is 0 Å². The molecule has 11 aromatic carbocycles. The predicted octanol–water partition coefficient (Wildman–Crippen LogP) is 16.1. The lowest BCUT2D eigenvalue weighted by Crippen LogP contribution is -1.99. The van der Waals surface area contributed by atoms with Gasteiger partial charge in [-0.15, -0.1) is 0 Å². The molecule has 0 unspecified atom stereocenters. The maximum absolute atomic E-state index is 10.1. The molecule has 0 aliphatic rings. The van der Waals surface area contributed by atoms with Gasteiger partial charge in [0.05, 0.1) is 55.7 Å². The first-order valence-electron chi connectivity index (χ1n) is 23.1. The van der Waals surface area contributed by atoms with Crippen molar-refractivity contribution in [3.8, 4) is 46.8 Å². The summed E-state index contributed by atoms with van der Waals surface area (Å²) in [7, 11) is 0. The number of hydrogen-bond acceptors (Lipinski definition) is 5. The normalized spacial score (nSPS) is 11.3. The molecule has 3 heterocycles. The lowest BCUT2D eigenvalue weighted by atomic mass is 9.99. The highest BCUT2D eigenvalue weighted by molar-refractivity contribution is 6.28. The Kier molecular flexibility index (Phi) is 9.26. The number of aromatic nitrogens is 2. The topological polar surface area (TPSA) is 118 Å². The van der Waals surface area contributed by atoms with Gasteiger partial charge < -0.3 is 13.6 Å². The molecule has 0 aliphatic heterocycles. The number of fused-ring (bicyclic) bond motifs is 15. The van der Waals surface area contributed by atoms with E-state index in [4.69, 9.17) is 4.42 Å². The van der Waals surface area contributed by atoms with Gasteiger partial charge in [-0.3, -0.25) is 0 Å². The van der Waals surface area contributed by atoms with E-state index in [1.807, 2.05) is 48.5 Å². The van der Waals surface area contributed by atoms with Crippen molar-refractivity contribution in [2.24, 2.45) is 0 Å². The zero-order valence-electron chi connectivity index (χ0n) is 37.7. The molecule has 0 amide bonds. The Bertz CT molecular complexity index is 4680. The molecule has 0 spiro atoms. The molecule has 14 aromatic rings. The van der Waals surface area contributed by atoms with E-state index < -0.39 is 0 Å². The number of para-hydroxylation sites is 1. The number of nitriles is 4. The average molecular weight is 903 g/mol. The van der Waals surface area contributed by atoms with Crippen molar-refractivity contribution in [1.29, 1.82) is 21.0 Å². The molecule has 3 aromatic heterocycles. The van der Waals surface area contributed by atoms with Gasteiger partial charge in [0, 0.05) is 32.3 Å². The standard InChI is InChI=1S/C36H19N3O.C28H15N3/c37-20-25-7-5-10-31(30(25)21-38)39-32-16-14-23(18-29(32)36-26-8-2-1-6-22(26)13-17-33(36)39)24-12-15-28-27-9-3-4-11-34(27)40-35(28)19-24;29-16-20-8-5-11-24(23(20)17-30)31-25-14-12-18-6-1-3-9-21(18)27(25)28-22-10-4-2-7-19(22)13-15-26(28)31/h1-19H;1-15H. The minimum Gasteiger partial charge on any atom is -0.456 e. The second-order valence-corrected chi connectivity index (χ2v) is 17.6. The van der Waals surface area contributed by atoms with E-state index in [2.05, 4.69) is 179 Å². The summed E-state index contributed by atoms with van der Waals surface area (Å²) >= 11 is 0. The summed E-state index contributed by atoms with van der Waals surface area (Å²) in [6.07, 6.45) is 0. The van der Waals surface area contributed by atoms with Gasteiger partial charge in [0.2, 0.25) is 0 Å². The van der Waals surface area contributed by atoms with Crippen molar-refractivity contribution in [2.75, 3.05) is 0 Å². The van der Waals surface area contributed by atoms with Crippen LogP contribution in [0.15, 0.2) is 211 Å². The van der Waals surface area contributed by atoms with Crippen LogP contribution in [0.3, 0.4) is 0 Å². The molecule has 0 aliphatic carbocycles. The van der Waals surface area contributed by atoms with Crippen molar-refractivity contribution in [1.82, 2.24) is 9.13 Å². The molecule has 326 valence electrons. The monoisotopic (exact) mass is 902 g/mol. The number of benzene rings is 11. The van der Waals surface area contributed by atoms with Gasteiger partial charge in [0.25, 0.3) is 0 Å². The molecule has 0 saturated carbocycles. The minimum atomic E-state index is 0.367. The molecule has 0 radical (unpaired) electrons. The first kappa shape index (κ1) is 40.8. The molecular formula is C64H34N6O. The van der Waals surface area contributed by atoms with Gasteiger partial charge in [0.1, 0.15) is 35.4 Å². The summed E-state index contributed by atoms with van der Waals surface area (Å²) in [5.74, 6) is 0. The fraction of sp³-hybridized carbons (Fsp3) is 0. The summed E-state index contributed by atoms with van der Waals surface area (Å²) in [5, 5.41) is 53.0. The van der Waals surface area contributed by atoms with Crippen molar-refractivity contribution < 1.29 is 4.42 Å². The quantitative estimate of drug-likeness (QED) is 0.175. The van der Waals surface area contributed by atoms with Crippen molar-refractivity contribution in [3.05, 3.63) is 229 Å². The van der Waals surface area contributed by atoms with E-state index in [1.165, 1.54) is 21.5 Å². The Morgan fingerprint density at radius 2 is 0.746 bits per heavy atom. The number of hydrogen-bond donors (Lipinski definition) is 0. The summed E-state index contributed by atoms with van der Waals surface area (Å²) in [4.78, 5) is 0. The maximum atomic E-state index is 10.1. The number of furan rings is 1. The summed E-state index contributed by atoms with van der Waals surface area (Å²) in [6.45, 7) is 0. The Labute approximate surface area is 405 Å². The highest BCUT2D eigenvalue weighted by atomic mass is 16.3. The van der Waals surface area contributed by atoms with Crippen molar-refractivity contribution >= 4 is 97.9 Å². The lowest BCUT2D eigenvalue weighted by molar-refractivity contribution is 0.669. The third kappa shape index (κ3) is 6.19. The molecule has 7 heteroatoms. The highest BCUT2D eigenvalue weighted by Crippen LogP contribution is 2.43. The molecule has 0 atom stereocenters. The molecular weight excluding hydrogens is 869 g/mol. The van der Waals surface area contributed by atoms with Crippen molar-refractivity contribution in [3.63, 3.8) is 0 Å². The second kappa shape index (κ2) is 16.1. The lowest BCUT2D eigenvalue weighted by Gasteiger charge is -2.11. The molecule has 0 N–H and O–H groups in total. The molecule has 7 nitrogen and oxygen atoms in total. The third-order valence-electron chi connectivity index (χ3n) is 13.9. The molecule has 0 bridgehead atoms. The van der Waals surface area contributed by atoms with Crippen LogP contribution in [0, 0.1) is 45.3 Å². The van der Waals surface area contributed by atoms with Crippen LogP contribution in [0.25, 0.3) is 120 Å². The van der Waals surface area contributed by atoms with E-state index in [9.17, 15) is 21.0 Å². The minimum absolute atomic E-state index is 0.367. The van der Waals surface area contributed by atoms with E-state index >= 15 is 0 Å². The van der Waals surface area contributed by atoms with Crippen LogP contribution < -0.4 is 0 Å².